The summed E-state index contributed by atoms with van der Waals surface area (Å²) in [6, 6.07) is 5.07. The standard InChI is InChI=1S/C11H12FN/c1-3-4-7-13-10-6-5-9(2)11(12)8-10/h5-6,8,13H,7H2,1-2H3. The first kappa shape index (κ1) is 9.60. The van der Waals surface area contributed by atoms with E-state index in [0.29, 0.717) is 12.1 Å². The topological polar surface area (TPSA) is 12.0 Å². The van der Waals surface area contributed by atoms with Gasteiger partial charge in [0.15, 0.2) is 0 Å². The van der Waals surface area contributed by atoms with E-state index in [1.165, 1.54) is 6.07 Å². The van der Waals surface area contributed by atoms with Crippen molar-refractivity contribution in [3.05, 3.63) is 29.6 Å². The largest absolute Gasteiger partial charge is 0.374 e. The molecule has 0 atom stereocenters. The van der Waals surface area contributed by atoms with Gasteiger partial charge < -0.3 is 5.32 Å². The molecule has 0 bridgehead atoms. The number of benzene rings is 1. The molecular formula is C11H12FN. The quantitative estimate of drug-likeness (QED) is 0.684. The highest BCUT2D eigenvalue weighted by molar-refractivity contribution is 5.45. The van der Waals surface area contributed by atoms with E-state index in [2.05, 4.69) is 17.2 Å². The Balaban J connectivity index is 2.66. The third kappa shape index (κ3) is 2.79. The number of halogens is 1. The van der Waals surface area contributed by atoms with Crippen LogP contribution in [-0.4, -0.2) is 6.54 Å². The SMILES string of the molecule is CC#CCNc1ccc(C)c(F)c1. The van der Waals surface area contributed by atoms with Crippen molar-refractivity contribution in [2.45, 2.75) is 13.8 Å². The fourth-order valence-corrected chi connectivity index (χ4v) is 0.937. The number of hydrogen-bond donors (Lipinski definition) is 1. The van der Waals surface area contributed by atoms with E-state index in [9.17, 15) is 4.39 Å². The summed E-state index contributed by atoms with van der Waals surface area (Å²) < 4.78 is 13.0. The second kappa shape index (κ2) is 4.51. The van der Waals surface area contributed by atoms with E-state index < -0.39 is 0 Å². The Hall–Kier alpha value is -1.49. The molecule has 2 heteroatoms. The van der Waals surface area contributed by atoms with Crippen LogP contribution >= 0.6 is 0 Å². The molecule has 1 aromatic carbocycles. The van der Waals surface area contributed by atoms with E-state index in [0.717, 1.165) is 5.69 Å². The predicted octanol–water partition coefficient (Wildman–Crippen LogP) is 2.57. The van der Waals surface area contributed by atoms with Gasteiger partial charge in [0.05, 0.1) is 6.54 Å². The van der Waals surface area contributed by atoms with E-state index in [-0.39, 0.29) is 5.82 Å². The number of rotatable bonds is 2. The Bertz CT molecular complexity index is 347. The first-order chi connectivity index (χ1) is 6.24. The lowest BCUT2D eigenvalue weighted by molar-refractivity contribution is 0.619. The van der Waals surface area contributed by atoms with E-state index in [1.807, 2.05) is 6.07 Å². The number of anilines is 1. The lowest BCUT2D eigenvalue weighted by atomic mass is 10.2. The van der Waals surface area contributed by atoms with Crippen molar-refractivity contribution >= 4 is 5.69 Å². The van der Waals surface area contributed by atoms with Gasteiger partial charge in [0.2, 0.25) is 0 Å². The number of aryl methyl sites for hydroxylation is 1. The van der Waals surface area contributed by atoms with Crippen LogP contribution in [0.3, 0.4) is 0 Å². The van der Waals surface area contributed by atoms with Crippen LogP contribution in [0.2, 0.25) is 0 Å². The van der Waals surface area contributed by atoms with E-state index in [4.69, 9.17) is 0 Å². The van der Waals surface area contributed by atoms with Gasteiger partial charge in [-0.3, -0.25) is 0 Å². The van der Waals surface area contributed by atoms with Crippen molar-refractivity contribution in [3.8, 4) is 11.8 Å². The molecule has 0 saturated carbocycles. The van der Waals surface area contributed by atoms with Crippen molar-refractivity contribution in [3.63, 3.8) is 0 Å². The molecule has 0 spiro atoms. The lowest BCUT2D eigenvalue weighted by Gasteiger charge is -2.03. The Morgan fingerprint density at radius 1 is 1.46 bits per heavy atom. The molecule has 0 heterocycles. The summed E-state index contributed by atoms with van der Waals surface area (Å²) in [6.07, 6.45) is 0. The summed E-state index contributed by atoms with van der Waals surface area (Å²) in [5, 5.41) is 3.00. The van der Waals surface area contributed by atoms with Gasteiger partial charge in [-0.25, -0.2) is 4.39 Å². The monoisotopic (exact) mass is 177 g/mol. The van der Waals surface area contributed by atoms with Gasteiger partial charge in [0, 0.05) is 5.69 Å². The maximum Gasteiger partial charge on any atom is 0.128 e. The van der Waals surface area contributed by atoms with Gasteiger partial charge in [0.25, 0.3) is 0 Å². The zero-order valence-electron chi connectivity index (χ0n) is 7.82. The highest BCUT2D eigenvalue weighted by Gasteiger charge is 1.97. The normalized spacial score (nSPS) is 8.85. The van der Waals surface area contributed by atoms with Crippen molar-refractivity contribution < 1.29 is 4.39 Å². The first-order valence-corrected chi connectivity index (χ1v) is 4.13. The van der Waals surface area contributed by atoms with Gasteiger partial charge in [0.1, 0.15) is 5.82 Å². The molecule has 0 radical (unpaired) electrons. The second-order valence-corrected chi connectivity index (χ2v) is 2.74. The van der Waals surface area contributed by atoms with Crippen LogP contribution in [0.15, 0.2) is 18.2 Å². The van der Waals surface area contributed by atoms with Gasteiger partial charge in [-0.05, 0) is 31.5 Å². The summed E-state index contributed by atoms with van der Waals surface area (Å²) in [5.74, 6) is 5.42. The minimum atomic E-state index is -0.186. The van der Waals surface area contributed by atoms with Crippen LogP contribution < -0.4 is 5.32 Å². The summed E-state index contributed by atoms with van der Waals surface area (Å²) in [6.45, 7) is 4.07. The molecule has 0 unspecified atom stereocenters. The molecule has 0 amide bonds. The van der Waals surface area contributed by atoms with Crippen LogP contribution in [0, 0.1) is 24.6 Å². The van der Waals surface area contributed by atoms with E-state index in [1.54, 1.807) is 19.9 Å². The summed E-state index contributed by atoms with van der Waals surface area (Å²) in [4.78, 5) is 0. The highest BCUT2D eigenvalue weighted by atomic mass is 19.1. The second-order valence-electron chi connectivity index (χ2n) is 2.74. The number of hydrogen-bond acceptors (Lipinski definition) is 1. The van der Waals surface area contributed by atoms with Crippen molar-refractivity contribution in [2.75, 3.05) is 11.9 Å². The minimum absolute atomic E-state index is 0.186. The van der Waals surface area contributed by atoms with Crippen molar-refractivity contribution in [1.82, 2.24) is 0 Å². The third-order valence-electron chi connectivity index (χ3n) is 1.73. The first-order valence-electron chi connectivity index (χ1n) is 4.13. The molecule has 13 heavy (non-hydrogen) atoms. The van der Waals surface area contributed by atoms with Gasteiger partial charge in [-0.1, -0.05) is 12.0 Å². The maximum atomic E-state index is 13.0. The molecule has 68 valence electrons. The van der Waals surface area contributed by atoms with Gasteiger partial charge in [-0.15, -0.1) is 5.92 Å². The molecule has 0 aliphatic rings. The average molecular weight is 177 g/mol. The van der Waals surface area contributed by atoms with Gasteiger partial charge >= 0.3 is 0 Å². The minimum Gasteiger partial charge on any atom is -0.374 e. The van der Waals surface area contributed by atoms with Gasteiger partial charge in [-0.2, -0.15) is 0 Å². The fourth-order valence-electron chi connectivity index (χ4n) is 0.937. The smallest absolute Gasteiger partial charge is 0.128 e. The fraction of sp³-hybridized carbons (Fsp3) is 0.273. The molecule has 1 aromatic rings. The molecule has 0 saturated heterocycles. The molecule has 0 aromatic heterocycles. The predicted molar refractivity (Wildman–Crippen MR) is 53.1 cm³/mol. The molecule has 1 nitrogen and oxygen atoms in total. The summed E-state index contributed by atoms with van der Waals surface area (Å²) >= 11 is 0. The Morgan fingerprint density at radius 3 is 2.85 bits per heavy atom. The average Bonchev–Trinajstić information content (AvgIpc) is 2.12. The Kier molecular flexibility index (Phi) is 3.33. The van der Waals surface area contributed by atoms with Crippen LogP contribution in [0.25, 0.3) is 0 Å². The number of nitrogens with one attached hydrogen (secondary N) is 1. The van der Waals surface area contributed by atoms with Crippen molar-refractivity contribution in [1.29, 1.82) is 0 Å². The molecule has 1 N–H and O–H groups in total. The Labute approximate surface area is 78.0 Å². The third-order valence-corrected chi connectivity index (χ3v) is 1.73. The molecule has 0 aliphatic carbocycles. The molecule has 1 rings (SSSR count). The van der Waals surface area contributed by atoms with Crippen LogP contribution in [0.1, 0.15) is 12.5 Å². The molecule has 0 fully saturated rings. The van der Waals surface area contributed by atoms with E-state index >= 15 is 0 Å². The maximum absolute atomic E-state index is 13.0. The summed E-state index contributed by atoms with van der Waals surface area (Å²) in [5.41, 5.74) is 1.43. The van der Waals surface area contributed by atoms with Crippen molar-refractivity contribution in [2.24, 2.45) is 0 Å². The lowest BCUT2D eigenvalue weighted by Crippen LogP contribution is -1.99. The van der Waals surface area contributed by atoms with Crippen LogP contribution in [-0.2, 0) is 0 Å². The highest BCUT2D eigenvalue weighted by Crippen LogP contribution is 2.12. The Morgan fingerprint density at radius 2 is 2.23 bits per heavy atom. The summed E-state index contributed by atoms with van der Waals surface area (Å²) in [7, 11) is 0. The zero-order valence-corrected chi connectivity index (χ0v) is 7.82. The molecule has 0 aliphatic heterocycles. The zero-order chi connectivity index (χ0) is 9.68. The van der Waals surface area contributed by atoms with Crippen LogP contribution in [0.5, 0.6) is 0 Å². The van der Waals surface area contributed by atoms with Crippen LogP contribution in [0.4, 0.5) is 10.1 Å². The molecular weight excluding hydrogens is 165 g/mol.